The number of benzene rings is 3. The molecular formula is C28H31NO. The molecule has 1 saturated carbocycles. The van der Waals surface area contributed by atoms with Gasteiger partial charge in [0.05, 0.1) is 7.11 Å². The molecule has 30 heavy (non-hydrogen) atoms. The van der Waals surface area contributed by atoms with Crippen LogP contribution in [0.5, 0.6) is 5.75 Å². The van der Waals surface area contributed by atoms with Gasteiger partial charge in [-0.2, -0.15) is 0 Å². The zero-order chi connectivity index (χ0) is 20.4. The van der Waals surface area contributed by atoms with Crippen molar-refractivity contribution < 1.29 is 4.74 Å². The van der Waals surface area contributed by atoms with Crippen LogP contribution in [-0.4, -0.2) is 24.6 Å². The summed E-state index contributed by atoms with van der Waals surface area (Å²) in [7, 11) is 1.77. The van der Waals surface area contributed by atoms with Gasteiger partial charge in [0.25, 0.3) is 0 Å². The Morgan fingerprint density at radius 3 is 2.43 bits per heavy atom. The van der Waals surface area contributed by atoms with E-state index in [2.05, 4.69) is 89.8 Å². The third kappa shape index (κ3) is 3.77. The first-order valence-electron chi connectivity index (χ1n) is 11.2. The highest BCUT2D eigenvalue weighted by Gasteiger charge is 2.47. The summed E-state index contributed by atoms with van der Waals surface area (Å²) >= 11 is 0. The van der Waals surface area contributed by atoms with Crippen molar-refractivity contribution in [2.24, 2.45) is 0 Å². The van der Waals surface area contributed by atoms with Gasteiger partial charge in [-0.3, -0.25) is 4.90 Å². The van der Waals surface area contributed by atoms with Crippen LogP contribution in [0.3, 0.4) is 0 Å². The molecule has 2 fully saturated rings. The van der Waals surface area contributed by atoms with Crippen LogP contribution in [0.1, 0.15) is 48.3 Å². The number of nitrogens with zero attached hydrogens (tertiary/aromatic N) is 1. The second-order valence-corrected chi connectivity index (χ2v) is 9.12. The lowest BCUT2D eigenvalue weighted by Crippen LogP contribution is -2.53. The molecule has 0 unspecified atom stereocenters. The van der Waals surface area contributed by atoms with Gasteiger partial charge in [-0.1, -0.05) is 72.8 Å². The molecule has 0 N–H and O–H groups in total. The maximum Gasteiger partial charge on any atom is 0.119 e. The van der Waals surface area contributed by atoms with Crippen molar-refractivity contribution in [3.05, 3.63) is 102 Å². The van der Waals surface area contributed by atoms with E-state index >= 15 is 0 Å². The maximum absolute atomic E-state index is 5.58. The number of ether oxygens (including phenoxy) is 1. The Kier molecular flexibility index (Phi) is 5.35. The molecular weight excluding hydrogens is 366 g/mol. The monoisotopic (exact) mass is 397 g/mol. The van der Waals surface area contributed by atoms with E-state index in [9.17, 15) is 0 Å². The highest BCUT2D eigenvalue weighted by Crippen LogP contribution is 2.52. The topological polar surface area (TPSA) is 12.5 Å². The van der Waals surface area contributed by atoms with Crippen molar-refractivity contribution in [2.45, 2.75) is 49.6 Å². The first kappa shape index (κ1) is 19.4. The molecule has 1 aliphatic carbocycles. The van der Waals surface area contributed by atoms with Gasteiger partial charge in [0.1, 0.15) is 5.75 Å². The van der Waals surface area contributed by atoms with Crippen LogP contribution in [0.25, 0.3) is 0 Å². The molecule has 0 radical (unpaired) electrons. The van der Waals surface area contributed by atoms with Gasteiger partial charge in [0.15, 0.2) is 0 Å². The van der Waals surface area contributed by atoms with Crippen molar-refractivity contribution >= 4 is 0 Å². The average molecular weight is 398 g/mol. The van der Waals surface area contributed by atoms with Crippen LogP contribution >= 0.6 is 0 Å². The first-order chi connectivity index (χ1) is 14.8. The fraction of sp³-hybridized carbons (Fsp3) is 0.357. The summed E-state index contributed by atoms with van der Waals surface area (Å²) in [5.74, 6) is 1.58. The Balaban J connectivity index is 1.48. The van der Waals surface area contributed by atoms with E-state index in [-0.39, 0.29) is 5.41 Å². The minimum atomic E-state index is 0.241. The Bertz CT molecular complexity index is 970. The Morgan fingerprint density at radius 1 is 0.900 bits per heavy atom. The third-order valence-electron chi connectivity index (χ3n) is 7.40. The highest BCUT2D eigenvalue weighted by molar-refractivity contribution is 5.37. The third-order valence-corrected chi connectivity index (χ3v) is 7.40. The number of fused-ring (bicyclic) bond motifs is 2. The number of likely N-dealkylation sites (tertiary alicyclic amines) is 1. The molecule has 3 aromatic rings. The van der Waals surface area contributed by atoms with Crippen LogP contribution < -0.4 is 4.74 Å². The first-order valence-corrected chi connectivity index (χ1v) is 11.2. The average Bonchev–Trinajstić information content (AvgIpc) is 2.82. The summed E-state index contributed by atoms with van der Waals surface area (Å²) < 4.78 is 5.58. The molecule has 1 saturated heterocycles. The standard InChI is InChI=1S/C28H31NO/c1-30-27-14-8-13-25(18-27)28-15-16-29(21-22-9-4-2-5-10-22)26(20-28)17-24(19-28)23-11-6-3-7-12-23/h2-14,18,24,26H,15-17,19-21H2,1H3/t24-,26-,28-/m1/s1. The molecule has 2 heteroatoms. The molecule has 0 amide bonds. The van der Waals surface area contributed by atoms with Crippen LogP contribution in [0.2, 0.25) is 0 Å². The highest BCUT2D eigenvalue weighted by atomic mass is 16.5. The zero-order valence-electron chi connectivity index (χ0n) is 17.8. The van der Waals surface area contributed by atoms with E-state index in [1.54, 1.807) is 7.11 Å². The van der Waals surface area contributed by atoms with Gasteiger partial charge < -0.3 is 4.74 Å². The minimum Gasteiger partial charge on any atom is -0.497 e. The number of hydrogen-bond donors (Lipinski definition) is 0. The van der Waals surface area contributed by atoms with Crippen LogP contribution in [0.4, 0.5) is 0 Å². The molecule has 154 valence electrons. The van der Waals surface area contributed by atoms with E-state index in [0.29, 0.717) is 12.0 Å². The predicted molar refractivity (Wildman–Crippen MR) is 123 cm³/mol. The Hall–Kier alpha value is -2.58. The van der Waals surface area contributed by atoms with Gasteiger partial charge >= 0.3 is 0 Å². The van der Waals surface area contributed by atoms with Crippen LogP contribution in [0.15, 0.2) is 84.9 Å². The summed E-state index contributed by atoms with van der Waals surface area (Å²) in [4.78, 5) is 2.74. The second-order valence-electron chi connectivity index (χ2n) is 9.12. The summed E-state index contributed by atoms with van der Waals surface area (Å²) in [5, 5.41) is 0. The molecule has 0 spiro atoms. The van der Waals surface area contributed by atoms with E-state index < -0.39 is 0 Å². The molecule has 2 bridgehead atoms. The van der Waals surface area contributed by atoms with Gasteiger partial charge in [-0.25, -0.2) is 0 Å². The lowest BCUT2D eigenvalue weighted by molar-refractivity contribution is 0.0359. The molecule has 1 aliphatic heterocycles. The van der Waals surface area contributed by atoms with Gasteiger partial charge in [-0.05, 0) is 72.4 Å². The minimum absolute atomic E-state index is 0.241. The Labute approximate surface area is 180 Å². The predicted octanol–water partition coefficient (Wildman–Crippen LogP) is 6.18. The van der Waals surface area contributed by atoms with Crippen molar-refractivity contribution in [2.75, 3.05) is 13.7 Å². The number of piperidine rings is 1. The molecule has 0 aromatic heterocycles. The number of hydrogen-bond acceptors (Lipinski definition) is 2. The second kappa shape index (κ2) is 8.28. The zero-order valence-corrected chi connectivity index (χ0v) is 17.8. The van der Waals surface area contributed by atoms with Crippen molar-refractivity contribution in [3.8, 4) is 5.75 Å². The van der Waals surface area contributed by atoms with Crippen molar-refractivity contribution in [3.63, 3.8) is 0 Å². The fourth-order valence-electron chi connectivity index (χ4n) is 5.86. The SMILES string of the molecule is COc1cccc([C@]23CCN(Cc4ccccc4)[C@H](C[C@@H](c4ccccc4)C2)C3)c1. The quantitative estimate of drug-likeness (QED) is 0.510. The van der Waals surface area contributed by atoms with E-state index in [4.69, 9.17) is 4.74 Å². The smallest absolute Gasteiger partial charge is 0.119 e. The molecule has 3 aromatic carbocycles. The van der Waals surface area contributed by atoms with E-state index in [0.717, 1.165) is 18.8 Å². The molecule has 1 heterocycles. The van der Waals surface area contributed by atoms with Crippen LogP contribution in [-0.2, 0) is 12.0 Å². The molecule has 3 atom stereocenters. The van der Waals surface area contributed by atoms with Gasteiger partial charge in [0.2, 0.25) is 0 Å². The maximum atomic E-state index is 5.58. The lowest BCUT2D eigenvalue weighted by Gasteiger charge is -2.53. The normalized spacial score (nSPS) is 26.3. The van der Waals surface area contributed by atoms with E-state index in [1.807, 2.05) is 0 Å². The summed E-state index contributed by atoms with van der Waals surface area (Å²) in [6.45, 7) is 2.22. The lowest BCUT2D eigenvalue weighted by atomic mass is 9.59. The van der Waals surface area contributed by atoms with E-state index in [1.165, 1.54) is 42.4 Å². The van der Waals surface area contributed by atoms with Crippen LogP contribution in [0, 0.1) is 0 Å². The molecule has 5 rings (SSSR count). The number of methoxy groups -OCH3 is 1. The molecule has 2 nitrogen and oxygen atoms in total. The summed E-state index contributed by atoms with van der Waals surface area (Å²) in [5.41, 5.74) is 4.63. The molecule has 2 aliphatic rings. The van der Waals surface area contributed by atoms with Crippen molar-refractivity contribution in [1.29, 1.82) is 0 Å². The summed E-state index contributed by atoms with van der Waals surface area (Å²) in [6, 6.07) is 31.6. The summed E-state index contributed by atoms with van der Waals surface area (Å²) in [6.07, 6.45) is 4.95. The van der Waals surface area contributed by atoms with Gasteiger partial charge in [0, 0.05) is 12.6 Å². The van der Waals surface area contributed by atoms with Gasteiger partial charge in [-0.15, -0.1) is 0 Å². The fourth-order valence-corrected chi connectivity index (χ4v) is 5.86. The van der Waals surface area contributed by atoms with Crippen molar-refractivity contribution in [1.82, 2.24) is 4.90 Å². The Morgan fingerprint density at radius 2 is 1.67 bits per heavy atom. The number of rotatable bonds is 5. The largest absolute Gasteiger partial charge is 0.497 e.